The summed E-state index contributed by atoms with van der Waals surface area (Å²) in [7, 11) is 3.87. The Morgan fingerprint density at radius 3 is 2.52 bits per heavy atom. The van der Waals surface area contributed by atoms with Crippen LogP contribution >= 0.6 is 0 Å². The molecule has 0 aliphatic heterocycles. The minimum absolute atomic E-state index is 0.799. The average molecular weight is 313 g/mol. The number of hydrogen-bond acceptors (Lipinski definition) is 2. The number of hydrogen-bond donors (Lipinski definition) is 1. The van der Waals surface area contributed by atoms with Crippen molar-refractivity contribution in [2.75, 3.05) is 20.6 Å². The van der Waals surface area contributed by atoms with Gasteiger partial charge in [-0.1, -0.05) is 31.2 Å². The summed E-state index contributed by atoms with van der Waals surface area (Å²) in [6.45, 7) is 6.69. The first kappa shape index (κ1) is 17.1. The van der Waals surface area contributed by atoms with Gasteiger partial charge in [-0.3, -0.25) is 9.67 Å². The second-order valence-corrected chi connectivity index (χ2v) is 5.78. The van der Waals surface area contributed by atoms with Gasteiger partial charge in [-0.2, -0.15) is 5.10 Å². The van der Waals surface area contributed by atoms with Crippen LogP contribution in [0.1, 0.15) is 23.6 Å². The monoisotopic (exact) mass is 313 g/mol. The van der Waals surface area contributed by atoms with Crippen molar-refractivity contribution in [1.82, 2.24) is 20.0 Å². The van der Waals surface area contributed by atoms with E-state index in [0.29, 0.717) is 0 Å². The lowest BCUT2D eigenvalue weighted by Crippen LogP contribution is -2.39. The van der Waals surface area contributed by atoms with Gasteiger partial charge in [-0.05, 0) is 30.0 Å². The van der Waals surface area contributed by atoms with E-state index in [0.717, 1.165) is 32.0 Å². The van der Waals surface area contributed by atoms with Gasteiger partial charge in [0.05, 0.1) is 12.7 Å². The van der Waals surface area contributed by atoms with Crippen LogP contribution in [0.3, 0.4) is 0 Å². The molecule has 1 N–H and O–H groups in total. The molecule has 0 spiro atoms. The lowest BCUT2D eigenvalue weighted by atomic mass is 10.1. The first-order valence-electron chi connectivity index (χ1n) is 8.11. The van der Waals surface area contributed by atoms with Crippen LogP contribution < -0.4 is 5.32 Å². The molecule has 1 heterocycles. The molecule has 0 aliphatic rings. The molecule has 0 atom stereocenters. The summed E-state index contributed by atoms with van der Waals surface area (Å²) in [6, 6.07) is 8.77. The fourth-order valence-corrected chi connectivity index (χ4v) is 2.49. The van der Waals surface area contributed by atoms with Crippen LogP contribution in [0.4, 0.5) is 0 Å². The predicted octanol–water partition coefficient (Wildman–Crippen LogP) is 2.46. The molecule has 0 bridgehead atoms. The molecule has 23 heavy (non-hydrogen) atoms. The zero-order chi connectivity index (χ0) is 16.7. The average Bonchev–Trinajstić information content (AvgIpc) is 2.97. The van der Waals surface area contributed by atoms with E-state index in [-0.39, 0.29) is 0 Å². The zero-order valence-corrected chi connectivity index (χ0v) is 14.6. The van der Waals surface area contributed by atoms with Gasteiger partial charge in [0.2, 0.25) is 0 Å². The van der Waals surface area contributed by atoms with Crippen LogP contribution in [0, 0.1) is 6.92 Å². The molecule has 1 aromatic carbocycles. The Labute approximate surface area is 139 Å². The standard InChI is InChI=1S/C18H27N5/c1-5-16-6-8-17(9-7-16)14-22(4)18(19-3)20-10-11-23-13-15(2)12-21-23/h6-9,12-13H,5,10-11,14H2,1-4H3,(H,19,20). The highest BCUT2D eigenvalue weighted by Gasteiger charge is 2.06. The normalized spacial score (nSPS) is 11.6. The van der Waals surface area contributed by atoms with Gasteiger partial charge in [0, 0.05) is 33.4 Å². The van der Waals surface area contributed by atoms with Crippen molar-refractivity contribution in [3.05, 3.63) is 53.3 Å². The van der Waals surface area contributed by atoms with Gasteiger partial charge >= 0.3 is 0 Å². The second kappa shape index (κ2) is 8.36. The van der Waals surface area contributed by atoms with E-state index >= 15 is 0 Å². The third kappa shape index (κ3) is 5.13. The Morgan fingerprint density at radius 1 is 1.26 bits per heavy atom. The third-order valence-corrected chi connectivity index (χ3v) is 3.81. The van der Waals surface area contributed by atoms with E-state index < -0.39 is 0 Å². The fourth-order valence-electron chi connectivity index (χ4n) is 2.49. The topological polar surface area (TPSA) is 45.5 Å². The maximum Gasteiger partial charge on any atom is 0.193 e. The van der Waals surface area contributed by atoms with Crippen LogP contribution in [0.25, 0.3) is 0 Å². The van der Waals surface area contributed by atoms with Crippen LogP contribution in [-0.4, -0.2) is 41.3 Å². The minimum atomic E-state index is 0.799. The first-order valence-corrected chi connectivity index (χ1v) is 8.11. The Hall–Kier alpha value is -2.30. The Bertz CT molecular complexity index is 627. The van der Waals surface area contributed by atoms with Gasteiger partial charge in [0.25, 0.3) is 0 Å². The molecule has 0 saturated heterocycles. The quantitative estimate of drug-likeness (QED) is 0.658. The van der Waals surface area contributed by atoms with Crippen molar-refractivity contribution in [2.45, 2.75) is 33.4 Å². The maximum absolute atomic E-state index is 4.36. The summed E-state index contributed by atoms with van der Waals surface area (Å²) in [5.74, 6) is 0.897. The van der Waals surface area contributed by atoms with Crippen molar-refractivity contribution in [3.63, 3.8) is 0 Å². The number of nitrogens with one attached hydrogen (secondary N) is 1. The number of nitrogens with zero attached hydrogens (tertiary/aromatic N) is 4. The summed E-state index contributed by atoms with van der Waals surface area (Å²) in [4.78, 5) is 6.49. The lowest BCUT2D eigenvalue weighted by molar-refractivity contribution is 0.470. The smallest absolute Gasteiger partial charge is 0.193 e. The highest BCUT2D eigenvalue weighted by Crippen LogP contribution is 2.07. The van der Waals surface area contributed by atoms with Gasteiger partial charge in [0.15, 0.2) is 5.96 Å². The third-order valence-electron chi connectivity index (χ3n) is 3.81. The molecule has 0 amide bonds. The number of aryl methyl sites for hydroxylation is 2. The number of rotatable bonds is 6. The maximum atomic E-state index is 4.36. The van der Waals surface area contributed by atoms with Crippen LogP contribution in [0.15, 0.2) is 41.7 Å². The molecule has 0 aliphatic carbocycles. The van der Waals surface area contributed by atoms with Crippen LogP contribution in [-0.2, 0) is 19.5 Å². The predicted molar refractivity (Wildman–Crippen MR) is 95.6 cm³/mol. The highest BCUT2D eigenvalue weighted by atomic mass is 15.3. The van der Waals surface area contributed by atoms with E-state index in [1.807, 2.05) is 31.0 Å². The number of guanidine groups is 1. The fraction of sp³-hybridized carbons (Fsp3) is 0.444. The summed E-state index contributed by atoms with van der Waals surface area (Å²) in [5.41, 5.74) is 3.84. The molecule has 0 radical (unpaired) electrons. The largest absolute Gasteiger partial charge is 0.354 e. The molecule has 0 fully saturated rings. The van der Waals surface area contributed by atoms with Crippen molar-refractivity contribution in [1.29, 1.82) is 0 Å². The Balaban J connectivity index is 1.84. The Morgan fingerprint density at radius 2 is 1.96 bits per heavy atom. The van der Waals surface area contributed by atoms with E-state index in [1.54, 1.807) is 0 Å². The number of benzene rings is 1. The summed E-state index contributed by atoms with van der Waals surface area (Å²) >= 11 is 0. The van der Waals surface area contributed by atoms with Crippen molar-refractivity contribution >= 4 is 5.96 Å². The SMILES string of the molecule is CCc1ccc(CN(C)C(=NC)NCCn2cc(C)cn2)cc1. The molecule has 5 heteroatoms. The Kier molecular flexibility index (Phi) is 6.20. The van der Waals surface area contributed by atoms with Gasteiger partial charge < -0.3 is 10.2 Å². The van der Waals surface area contributed by atoms with Crippen molar-refractivity contribution < 1.29 is 0 Å². The second-order valence-electron chi connectivity index (χ2n) is 5.78. The molecule has 5 nitrogen and oxygen atoms in total. The molecule has 124 valence electrons. The molecule has 0 unspecified atom stereocenters. The summed E-state index contributed by atoms with van der Waals surface area (Å²) in [6.07, 6.45) is 5.00. The van der Waals surface area contributed by atoms with E-state index in [1.165, 1.54) is 16.7 Å². The van der Waals surface area contributed by atoms with E-state index in [2.05, 4.69) is 58.5 Å². The minimum Gasteiger partial charge on any atom is -0.354 e. The molecular formula is C18H27N5. The lowest BCUT2D eigenvalue weighted by Gasteiger charge is -2.22. The highest BCUT2D eigenvalue weighted by molar-refractivity contribution is 5.79. The number of aromatic nitrogens is 2. The van der Waals surface area contributed by atoms with E-state index in [4.69, 9.17) is 0 Å². The van der Waals surface area contributed by atoms with Gasteiger partial charge in [-0.25, -0.2) is 0 Å². The first-order chi connectivity index (χ1) is 11.1. The number of aliphatic imine (C=N–C) groups is 1. The molecule has 2 aromatic rings. The van der Waals surface area contributed by atoms with E-state index in [9.17, 15) is 0 Å². The van der Waals surface area contributed by atoms with Gasteiger partial charge in [0.1, 0.15) is 0 Å². The van der Waals surface area contributed by atoms with Gasteiger partial charge in [-0.15, -0.1) is 0 Å². The molecular weight excluding hydrogens is 286 g/mol. The molecule has 0 saturated carbocycles. The summed E-state index contributed by atoms with van der Waals surface area (Å²) in [5, 5.41) is 7.68. The molecule has 2 rings (SSSR count). The zero-order valence-electron chi connectivity index (χ0n) is 14.6. The summed E-state index contributed by atoms with van der Waals surface area (Å²) < 4.78 is 1.94. The van der Waals surface area contributed by atoms with Crippen LogP contribution in [0.2, 0.25) is 0 Å². The van der Waals surface area contributed by atoms with Crippen molar-refractivity contribution in [3.8, 4) is 0 Å². The van der Waals surface area contributed by atoms with Crippen LogP contribution in [0.5, 0.6) is 0 Å². The van der Waals surface area contributed by atoms with Crippen molar-refractivity contribution in [2.24, 2.45) is 4.99 Å². The molecule has 1 aromatic heterocycles.